The van der Waals surface area contributed by atoms with Crippen LogP contribution in [0.15, 0.2) is 6.20 Å². The second-order valence-corrected chi connectivity index (χ2v) is 4.68. The summed E-state index contributed by atoms with van der Waals surface area (Å²) in [5.41, 5.74) is 6.66. The van der Waals surface area contributed by atoms with Crippen molar-refractivity contribution in [2.75, 3.05) is 36.9 Å². The van der Waals surface area contributed by atoms with E-state index in [0.717, 1.165) is 37.4 Å². The summed E-state index contributed by atoms with van der Waals surface area (Å²) in [6, 6.07) is 0. The molecule has 2 aliphatic rings. The van der Waals surface area contributed by atoms with E-state index >= 15 is 0 Å². The fourth-order valence-electron chi connectivity index (χ4n) is 2.59. The predicted octanol–water partition coefficient (Wildman–Crippen LogP) is 0.346. The highest BCUT2D eigenvalue weighted by Gasteiger charge is 2.40. The van der Waals surface area contributed by atoms with Crippen LogP contribution >= 0.6 is 0 Å². The van der Waals surface area contributed by atoms with Gasteiger partial charge in [-0.1, -0.05) is 0 Å². The Morgan fingerprint density at radius 1 is 1.29 bits per heavy atom. The van der Waals surface area contributed by atoms with Crippen LogP contribution in [0.5, 0.6) is 0 Å². The van der Waals surface area contributed by atoms with Crippen molar-refractivity contribution in [1.29, 1.82) is 0 Å². The lowest BCUT2D eigenvalue weighted by Gasteiger charge is -2.37. The second-order valence-electron chi connectivity index (χ2n) is 4.68. The lowest BCUT2D eigenvalue weighted by atomic mass is 10.0. The molecule has 2 fully saturated rings. The molecule has 2 aliphatic heterocycles. The first kappa shape index (κ1) is 10.9. The predicted molar refractivity (Wildman–Crippen MR) is 63.7 cm³/mol. The maximum atomic E-state index is 5.93. The summed E-state index contributed by atoms with van der Waals surface area (Å²) in [5, 5.41) is 4.38. The van der Waals surface area contributed by atoms with Crippen molar-refractivity contribution in [2.45, 2.75) is 18.6 Å². The molecule has 94 valence electrons. The highest BCUT2D eigenvalue weighted by molar-refractivity contribution is 5.61. The average Bonchev–Trinajstić information content (AvgIpc) is 2.88. The quantitative estimate of drug-likeness (QED) is 0.764. The van der Waals surface area contributed by atoms with Gasteiger partial charge in [0.25, 0.3) is 0 Å². The molecule has 0 radical (unpaired) electrons. The van der Waals surface area contributed by atoms with Gasteiger partial charge in [-0.15, -0.1) is 0 Å². The van der Waals surface area contributed by atoms with Crippen molar-refractivity contribution in [1.82, 2.24) is 9.78 Å². The molecule has 2 N–H and O–H groups in total. The van der Waals surface area contributed by atoms with Crippen molar-refractivity contribution in [3.05, 3.63) is 6.20 Å². The molecular weight excluding hydrogens is 220 g/mol. The van der Waals surface area contributed by atoms with Gasteiger partial charge in [0.2, 0.25) is 0 Å². The van der Waals surface area contributed by atoms with Crippen molar-refractivity contribution in [2.24, 2.45) is 7.05 Å². The summed E-state index contributed by atoms with van der Waals surface area (Å²) in [4.78, 5) is 2.20. The molecule has 0 saturated carbocycles. The summed E-state index contributed by atoms with van der Waals surface area (Å²) in [5.74, 6) is 0.542. The SMILES string of the molecule is Cn1cc(N)c(N2CCC3(CC2)OCCO3)n1. The lowest BCUT2D eigenvalue weighted by molar-refractivity contribution is -0.169. The van der Waals surface area contributed by atoms with E-state index in [2.05, 4.69) is 10.00 Å². The fourth-order valence-corrected chi connectivity index (χ4v) is 2.59. The van der Waals surface area contributed by atoms with Gasteiger partial charge < -0.3 is 20.1 Å². The minimum Gasteiger partial charge on any atom is -0.394 e. The average molecular weight is 238 g/mol. The first-order valence-electron chi connectivity index (χ1n) is 6.01. The Morgan fingerprint density at radius 2 is 1.94 bits per heavy atom. The van der Waals surface area contributed by atoms with Crippen LogP contribution in [-0.2, 0) is 16.5 Å². The van der Waals surface area contributed by atoms with E-state index in [-0.39, 0.29) is 5.79 Å². The van der Waals surface area contributed by atoms with Gasteiger partial charge in [0.05, 0.1) is 18.9 Å². The minimum atomic E-state index is -0.333. The lowest BCUT2D eigenvalue weighted by Crippen LogP contribution is -2.45. The maximum absolute atomic E-state index is 5.93. The van der Waals surface area contributed by atoms with Crippen LogP contribution in [0.4, 0.5) is 11.5 Å². The maximum Gasteiger partial charge on any atom is 0.173 e. The smallest absolute Gasteiger partial charge is 0.173 e. The van der Waals surface area contributed by atoms with Gasteiger partial charge >= 0.3 is 0 Å². The van der Waals surface area contributed by atoms with Crippen molar-refractivity contribution >= 4 is 11.5 Å². The normalized spacial score (nSPS) is 23.5. The molecule has 0 aromatic carbocycles. The zero-order valence-electron chi connectivity index (χ0n) is 10.1. The second kappa shape index (κ2) is 3.89. The Bertz CT molecular complexity index is 402. The van der Waals surface area contributed by atoms with Crippen molar-refractivity contribution < 1.29 is 9.47 Å². The van der Waals surface area contributed by atoms with E-state index in [1.807, 2.05) is 13.2 Å². The van der Waals surface area contributed by atoms with Crippen molar-refractivity contribution in [3.8, 4) is 0 Å². The van der Waals surface area contributed by atoms with E-state index in [9.17, 15) is 0 Å². The fraction of sp³-hybridized carbons (Fsp3) is 0.727. The first-order chi connectivity index (χ1) is 8.19. The van der Waals surface area contributed by atoms with Crippen LogP contribution in [0.3, 0.4) is 0 Å². The molecule has 0 bridgehead atoms. The van der Waals surface area contributed by atoms with E-state index < -0.39 is 0 Å². The zero-order chi connectivity index (χ0) is 11.9. The van der Waals surface area contributed by atoms with Gasteiger partial charge in [0.1, 0.15) is 0 Å². The zero-order valence-corrected chi connectivity index (χ0v) is 10.1. The molecule has 1 spiro atoms. The Labute approximate surface area is 100 Å². The van der Waals surface area contributed by atoms with Gasteiger partial charge in [0, 0.05) is 39.2 Å². The van der Waals surface area contributed by atoms with E-state index in [1.165, 1.54) is 0 Å². The Hall–Kier alpha value is -1.27. The molecule has 6 heteroatoms. The molecule has 6 nitrogen and oxygen atoms in total. The Morgan fingerprint density at radius 3 is 2.47 bits per heavy atom. The van der Waals surface area contributed by atoms with E-state index in [4.69, 9.17) is 15.2 Å². The molecule has 0 aliphatic carbocycles. The summed E-state index contributed by atoms with van der Waals surface area (Å²) in [6.07, 6.45) is 3.59. The summed E-state index contributed by atoms with van der Waals surface area (Å²) in [6.45, 7) is 3.18. The Balaban J connectivity index is 1.70. The number of aryl methyl sites for hydroxylation is 1. The molecule has 1 aromatic rings. The number of aromatic nitrogens is 2. The van der Waals surface area contributed by atoms with Gasteiger partial charge in [-0.2, -0.15) is 5.10 Å². The van der Waals surface area contributed by atoms with Gasteiger partial charge in [0.15, 0.2) is 11.6 Å². The minimum absolute atomic E-state index is 0.333. The molecule has 0 amide bonds. The monoisotopic (exact) mass is 238 g/mol. The van der Waals surface area contributed by atoms with Crippen molar-refractivity contribution in [3.63, 3.8) is 0 Å². The molecule has 0 unspecified atom stereocenters. The third-order valence-corrected chi connectivity index (χ3v) is 3.47. The molecular formula is C11H18N4O2. The summed E-state index contributed by atoms with van der Waals surface area (Å²) >= 11 is 0. The molecule has 0 atom stereocenters. The standard InChI is InChI=1S/C11H18N4O2/c1-14-8-9(12)10(13-14)15-4-2-11(3-5-15)16-6-7-17-11/h8H,2-7,12H2,1H3. The molecule has 1 aromatic heterocycles. The number of ether oxygens (including phenoxy) is 2. The van der Waals surface area contributed by atoms with Gasteiger partial charge in [-0.3, -0.25) is 4.68 Å². The van der Waals surface area contributed by atoms with Crippen LogP contribution in [0, 0.1) is 0 Å². The number of hydrogen-bond acceptors (Lipinski definition) is 5. The van der Waals surface area contributed by atoms with E-state index in [0.29, 0.717) is 13.2 Å². The van der Waals surface area contributed by atoms with Crippen LogP contribution in [0.1, 0.15) is 12.8 Å². The van der Waals surface area contributed by atoms with E-state index in [1.54, 1.807) is 4.68 Å². The van der Waals surface area contributed by atoms with Crippen LogP contribution in [-0.4, -0.2) is 41.9 Å². The molecule has 3 rings (SSSR count). The third kappa shape index (κ3) is 1.87. The number of rotatable bonds is 1. The van der Waals surface area contributed by atoms with Crippen LogP contribution in [0.2, 0.25) is 0 Å². The highest BCUT2D eigenvalue weighted by atomic mass is 16.7. The number of hydrogen-bond donors (Lipinski definition) is 1. The van der Waals surface area contributed by atoms with Gasteiger partial charge in [-0.05, 0) is 0 Å². The topological polar surface area (TPSA) is 65.5 Å². The summed E-state index contributed by atoms with van der Waals surface area (Å²) in [7, 11) is 1.88. The Kier molecular flexibility index (Phi) is 2.48. The first-order valence-corrected chi connectivity index (χ1v) is 6.01. The number of piperidine rings is 1. The summed E-state index contributed by atoms with van der Waals surface area (Å²) < 4.78 is 13.1. The largest absolute Gasteiger partial charge is 0.394 e. The molecule has 17 heavy (non-hydrogen) atoms. The number of anilines is 2. The van der Waals surface area contributed by atoms with Crippen LogP contribution < -0.4 is 10.6 Å². The number of nitrogens with zero attached hydrogens (tertiary/aromatic N) is 3. The third-order valence-electron chi connectivity index (χ3n) is 3.47. The molecule has 3 heterocycles. The highest BCUT2D eigenvalue weighted by Crippen LogP contribution is 2.34. The number of nitrogens with two attached hydrogens (primary N) is 1. The molecule has 2 saturated heterocycles. The van der Waals surface area contributed by atoms with Gasteiger partial charge in [-0.25, -0.2) is 0 Å². The van der Waals surface area contributed by atoms with Crippen LogP contribution in [0.25, 0.3) is 0 Å². The number of nitrogen functional groups attached to an aromatic ring is 1.